The highest BCUT2D eigenvalue weighted by atomic mass is 16.3. The predicted molar refractivity (Wildman–Crippen MR) is 62.3 cm³/mol. The molecule has 0 bridgehead atoms. The number of aliphatic hydroxyl groups is 1. The molecule has 2 aromatic rings. The van der Waals surface area contributed by atoms with Crippen LogP contribution in [0.2, 0.25) is 0 Å². The summed E-state index contributed by atoms with van der Waals surface area (Å²) < 4.78 is 0. The third-order valence-corrected chi connectivity index (χ3v) is 2.78. The van der Waals surface area contributed by atoms with Crippen LogP contribution in [0.4, 0.5) is 11.4 Å². The Labute approximate surface area is 89.7 Å². The Morgan fingerprint density at radius 3 is 1.87 bits per heavy atom. The summed E-state index contributed by atoms with van der Waals surface area (Å²) in [7, 11) is 0. The lowest BCUT2D eigenvalue weighted by Crippen LogP contribution is -2.11. The molecular weight excluding hydrogens is 186 g/mol. The van der Waals surface area contributed by atoms with Crippen LogP contribution < -0.4 is 5.32 Å². The highest BCUT2D eigenvalue weighted by Gasteiger charge is 2.22. The highest BCUT2D eigenvalue weighted by molar-refractivity contribution is 5.72. The van der Waals surface area contributed by atoms with Gasteiger partial charge in [0.1, 0.15) is 6.10 Å². The Hall–Kier alpha value is -1.80. The molecule has 1 aliphatic rings. The van der Waals surface area contributed by atoms with E-state index in [1.165, 1.54) is 0 Å². The van der Waals surface area contributed by atoms with Crippen LogP contribution in [0, 0.1) is 0 Å². The van der Waals surface area contributed by atoms with Gasteiger partial charge in [-0.1, -0.05) is 36.4 Å². The Balaban J connectivity index is 0.000000963. The maximum Gasteiger partial charge on any atom is 0.108 e. The van der Waals surface area contributed by atoms with Crippen LogP contribution in [0.3, 0.4) is 0 Å². The van der Waals surface area contributed by atoms with Crippen molar-refractivity contribution in [3.05, 3.63) is 59.7 Å². The SMILES string of the molecule is OC1c2ccccc2Nc2ccccc21.[HH]. The van der Waals surface area contributed by atoms with Crippen LogP contribution >= 0.6 is 0 Å². The van der Waals surface area contributed by atoms with E-state index in [0.29, 0.717) is 0 Å². The van der Waals surface area contributed by atoms with Gasteiger partial charge in [-0.3, -0.25) is 0 Å². The van der Waals surface area contributed by atoms with E-state index in [1.54, 1.807) is 0 Å². The second-order valence-corrected chi connectivity index (χ2v) is 3.70. The molecule has 15 heavy (non-hydrogen) atoms. The van der Waals surface area contributed by atoms with Crippen molar-refractivity contribution in [3.8, 4) is 0 Å². The topological polar surface area (TPSA) is 32.3 Å². The standard InChI is InChI=1S/C13H11NO.H2/c15-13-9-5-1-3-7-11(9)14-12-8-4-2-6-10(12)13;/h1-8,13-15H;1H. The quantitative estimate of drug-likeness (QED) is 0.683. The van der Waals surface area contributed by atoms with Crippen LogP contribution in [-0.2, 0) is 0 Å². The number of hydrogen-bond donors (Lipinski definition) is 2. The third kappa shape index (κ3) is 1.22. The molecule has 76 valence electrons. The smallest absolute Gasteiger partial charge is 0.108 e. The second-order valence-electron chi connectivity index (χ2n) is 3.70. The summed E-state index contributed by atoms with van der Waals surface area (Å²) in [5, 5.41) is 13.5. The summed E-state index contributed by atoms with van der Waals surface area (Å²) in [6.45, 7) is 0. The molecule has 2 heteroatoms. The Bertz CT molecular complexity index is 467. The number of benzene rings is 2. The van der Waals surface area contributed by atoms with Gasteiger partial charge in [-0.2, -0.15) is 0 Å². The summed E-state index contributed by atoms with van der Waals surface area (Å²) in [6.07, 6.45) is -0.515. The molecule has 1 heterocycles. The number of fused-ring (bicyclic) bond motifs is 2. The zero-order valence-corrected chi connectivity index (χ0v) is 8.14. The molecule has 0 radical (unpaired) electrons. The lowest BCUT2D eigenvalue weighted by atomic mass is 9.94. The molecule has 0 saturated heterocycles. The van der Waals surface area contributed by atoms with Crippen molar-refractivity contribution in [2.45, 2.75) is 6.10 Å². The van der Waals surface area contributed by atoms with Crippen molar-refractivity contribution in [1.82, 2.24) is 0 Å². The summed E-state index contributed by atoms with van der Waals surface area (Å²) in [5.74, 6) is 0. The molecule has 0 spiro atoms. The Morgan fingerprint density at radius 1 is 0.867 bits per heavy atom. The Kier molecular flexibility index (Phi) is 1.76. The van der Waals surface area contributed by atoms with Crippen LogP contribution in [0.15, 0.2) is 48.5 Å². The monoisotopic (exact) mass is 199 g/mol. The van der Waals surface area contributed by atoms with E-state index in [9.17, 15) is 5.11 Å². The maximum absolute atomic E-state index is 10.2. The van der Waals surface area contributed by atoms with Crippen LogP contribution in [0.25, 0.3) is 0 Å². The largest absolute Gasteiger partial charge is 0.383 e. The molecule has 1 aliphatic heterocycles. The summed E-state index contributed by atoms with van der Waals surface area (Å²) in [5.41, 5.74) is 3.86. The highest BCUT2D eigenvalue weighted by Crippen LogP contribution is 2.38. The van der Waals surface area contributed by atoms with Gasteiger partial charge >= 0.3 is 0 Å². The number of para-hydroxylation sites is 2. The van der Waals surface area contributed by atoms with Gasteiger partial charge in [0, 0.05) is 23.9 Å². The molecule has 0 saturated carbocycles. The lowest BCUT2D eigenvalue weighted by Gasteiger charge is -2.25. The van der Waals surface area contributed by atoms with Gasteiger partial charge < -0.3 is 10.4 Å². The zero-order valence-electron chi connectivity index (χ0n) is 8.14. The minimum Gasteiger partial charge on any atom is -0.383 e. The first-order chi connectivity index (χ1) is 7.36. The van der Waals surface area contributed by atoms with Crippen molar-refractivity contribution < 1.29 is 6.53 Å². The molecule has 2 aromatic carbocycles. The van der Waals surface area contributed by atoms with E-state index in [-0.39, 0.29) is 1.43 Å². The van der Waals surface area contributed by atoms with Crippen molar-refractivity contribution in [2.24, 2.45) is 0 Å². The van der Waals surface area contributed by atoms with Gasteiger partial charge in [0.2, 0.25) is 0 Å². The average Bonchev–Trinajstić information content (AvgIpc) is 2.30. The molecule has 3 rings (SSSR count). The van der Waals surface area contributed by atoms with Gasteiger partial charge in [0.15, 0.2) is 0 Å². The fraction of sp³-hybridized carbons (Fsp3) is 0.0769. The van der Waals surface area contributed by atoms with Crippen molar-refractivity contribution in [1.29, 1.82) is 0 Å². The molecule has 0 unspecified atom stereocenters. The van der Waals surface area contributed by atoms with E-state index in [0.717, 1.165) is 22.5 Å². The van der Waals surface area contributed by atoms with E-state index in [1.807, 2.05) is 48.5 Å². The van der Waals surface area contributed by atoms with E-state index in [4.69, 9.17) is 0 Å². The van der Waals surface area contributed by atoms with Gasteiger partial charge in [0.05, 0.1) is 0 Å². The fourth-order valence-corrected chi connectivity index (χ4v) is 2.01. The van der Waals surface area contributed by atoms with Gasteiger partial charge in [-0.15, -0.1) is 0 Å². The van der Waals surface area contributed by atoms with Gasteiger partial charge in [0.25, 0.3) is 0 Å². The predicted octanol–water partition coefficient (Wildman–Crippen LogP) is 3.07. The first kappa shape index (κ1) is 8.50. The van der Waals surface area contributed by atoms with Crippen LogP contribution in [0.1, 0.15) is 18.7 Å². The van der Waals surface area contributed by atoms with Gasteiger partial charge in [-0.25, -0.2) is 0 Å². The van der Waals surface area contributed by atoms with E-state index < -0.39 is 6.10 Å². The second kappa shape index (κ2) is 3.11. The molecule has 0 amide bonds. The van der Waals surface area contributed by atoms with E-state index in [2.05, 4.69) is 5.32 Å². The van der Waals surface area contributed by atoms with E-state index >= 15 is 0 Å². The Morgan fingerprint density at radius 2 is 1.33 bits per heavy atom. The van der Waals surface area contributed by atoms with Crippen molar-refractivity contribution in [2.75, 3.05) is 5.32 Å². The minimum atomic E-state index is -0.515. The molecule has 2 N–H and O–H groups in total. The summed E-state index contributed by atoms with van der Waals surface area (Å²) in [4.78, 5) is 0. The van der Waals surface area contributed by atoms with Gasteiger partial charge in [-0.05, 0) is 12.1 Å². The summed E-state index contributed by atoms with van der Waals surface area (Å²) >= 11 is 0. The number of nitrogens with one attached hydrogen (secondary N) is 1. The molecule has 2 nitrogen and oxygen atoms in total. The zero-order chi connectivity index (χ0) is 10.3. The van der Waals surface area contributed by atoms with Crippen molar-refractivity contribution in [3.63, 3.8) is 0 Å². The lowest BCUT2D eigenvalue weighted by molar-refractivity contribution is 0.220. The first-order valence-corrected chi connectivity index (χ1v) is 4.99. The number of anilines is 2. The first-order valence-electron chi connectivity index (χ1n) is 4.99. The number of hydrogen-bond acceptors (Lipinski definition) is 2. The third-order valence-electron chi connectivity index (χ3n) is 2.78. The fourth-order valence-electron chi connectivity index (χ4n) is 2.01. The molecule has 0 aliphatic carbocycles. The molecule has 0 fully saturated rings. The number of aliphatic hydroxyl groups excluding tert-OH is 1. The molecule has 0 atom stereocenters. The molecule has 0 aromatic heterocycles. The van der Waals surface area contributed by atoms with Crippen LogP contribution in [0.5, 0.6) is 0 Å². The minimum absolute atomic E-state index is 0. The average molecular weight is 199 g/mol. The molecular formula is C13H13NO. The summed E-state index contributed by atoms with van der Waals surface area (Å²) in [6, 6.07) is 15.7. The maximum atomic E-state index is 10.2. The van der Waals surface area contributed by atoms with Crippen molar-refractivity contribution >= 4 is 11.4 Å². The number of rotatable bonds is 0. The van der Waals surface area contributed by atoms with Crippen LogP contribution in [-0.4, -0.2) is 5.11 Å². The normalized spacial score (nSPS) is 13.9.